The zero-order chi connectivity index (χ0) is 21.3. The van der Waals surface area contributed by atoms with Gasteiger partial charge in [-0.2, -0.15) is 4.57 Å². The minimum Gasteiger partial charge on any atom is -0.227 e. The Kier molecular flexibility index (Phi) is 6.26. The van der Waals surface area contributed by atoms with E-state index in [1.165, 1.54) is 16.8 Å². The molecule has 154 valence electrons. The van der Waals surface area contributed by atoms with Crippen LogP contribution in [0.5, 0.6) is 0 Å². The molecule has 29 heavy (non-hydrogen) atoms. The van der Waals surface area contributed by atoms with Gasteiger partial charge in [0.05, 0.1) is 11.6 Å². The summed E-state index contributed by atoms with van der Waals surface area (Å²) in [6, 6.07) is 12.1. The predicted octanol–water partition coefficient (Wildman–Crippen LogP) is 7.10. The molecular formula is C26H34FN2+. The monoisotopic (exact) mass is 393 g/mol. The molecule has 3 aromatic rings. The molecule has 0 unspecified atom stereocenters. The highest BCUT2D eigenvalue weighted by Gasteiger charge is 2.29. The molecule has 0 fully saturated rings. The first kappa shape index (κ1) is 21.3. The van der Waals surface area contributed by atoms with Crippen LogP contribution in [-0.2, 0) is 0 Å². The van der Waals surface area contributed by atoms with Crippen LogP contribution in [0.3, 0.4) is 0 Å². The van der Waals surface area contributed by atoms with Crippen molar-refractivity contribution in [2.75, 3.05) is 0 Å². The number of aryl methyl sites for hydroxylation is 1. The Balaban J connectivity index is 2.40. The fourth-order valence-corrected chi connectivity index (χ4v) is 4.07. The van der Waals surface area contributed by atoms with Gasteiger partial charge in [0, 0.05) is 11.1 Å². The van der Waals surface area contributed by atoms with E-state index < -0.39 is 0 Å². The third kappa shape index (κ3) is 4.01. The number of para-hydroxylation sites is 1. The first-order chi connectivity index (χ1) is 13.8. The summed E-state index contributed by atoms with van der Waals surface area (Å²) in [5.41, 5.74) is 5.96. The molecule has 0 aliphatic rings. The van der Waals surface area contributed by atoms with Crippen molar-refractivity contribution < 1.29 is 8.96 Å². The first-order valence-electron chi connectivity index (χ1n) is 10.8. The summed E-state index contributed by atoms with van der Waals surface area (Å²) in [4.78, 5) is 0. The van der Waals surface area contributed by atoms with Crippen LogP contribution >= 0.6 is 0 Å². The van der Waals surface area contributed by atoms with Gasteiger partial charge in [-0.3, -0.25) is 0 Å². The molecule has 2 nitrogen and oxygen atoms in total. The lowest BCUT2D eigenvalue weighted by Gasteiger charge is -2.19. The van der Waals surface area contributed by atoms with Crippen molar-refractivity contribution in [3.8, 4) is 17.1 Å². The van der Waals surface area contributed by atoms with Crippen molar-refractivity contribution in [3.63, 3.8) is 0 Å². The summed E-state index contributed by atoms with van der Waals surface area (Å²) in [7, 11) is 0. The van der Waals surface area contributed by atoms with Crippen molar-refractivity contribution in [1.82, 2.24) is 4.57 Å². The molecule has 0 aliphatic carbocycles. The van der Waals surface area contributed by atoms with Crippen LogP contribution in [-0.4, -0.2) is 4.57 Å². The van der Waals surface area contributed by atoms with Gasteiger partial charge in [-0.15, -0.1) is 0 Å². The van der Waals surface area contributed by atoms with Gasteiger partial charge >= 0.3 is 0 Å². The minimum absolute atomic E-state index is 0.190. The second-order valence-corrected chi connectivity index (χ2v) is 8.71. The molecule has 0 spiro atoms. The molecule has 1 atom stereocenters. The van der Waals surface area contributed by atoms with Crippen LogP contribution in [0.2, 0.25) is 0 Å². The van der Waals surface area contributed by atoms with E-state index in [1.54, 1.807) is 12.1 Å². The highest BCUT2D eigenvalue weighted by atomic mass is 19.1. The van der Waals surface area contributed by atoms with E-state index in [0.717, 1.165) is 23.4 Å². The van der Waals surface area contributed by atoms with Crippen LogP contribution in [0.1, 0.15) is 82.5 Å². The average Bonchev–Trinajstić information content (AvgIpc) is 3.11. The van der Waals surface area contributed by atoms with E-state index in [1.807, 2.05) is 13.0 Å². The van der Waals surface area contributed by atoms with Crippen LogP contribution in [0.15, 0.2) is 48.8 Å². The standard InChI is InChI=1S/C26H34FN2/c1-8-20(7)28-14-15-29(26(28)24-13-12-21(27)16-19(24)6)25-22(17(2)3)10-9-11-23(25)18(4)5/h9-18,20H,8H2,1-7H3/q+1/t20-/m1/s1. The van der Waals surface area contributed by atoms with Gasteiger partial charge in [0.2, 0.25) is 0 Å². The Morgan fingerprint density at radius 2 is 1.59 bits per heavy atom. The number of halogens is 1. The largest absolute Gasteiger partial charge is 0.294 e. The Morgan fingerprint density at radius 3 is 2.10 bits per heavy atom. The molecule has 0 saturated carbocycles. The number of rotatable bonds is 6. The van der Waals surface area contributed by atoms with E-state index in [4.69, 9.17) is 0 Å². The SMILES string of the molecule is CC[C@@H](C)[n+]1ccn(-c2c(C(C)C)cccc2C(C)C)c1-c1ccc(F)cc1C. The van der Waals surface area contributed by atoms with Crippen molar-refractivity contribution in [2.24, 2.45) is 0 Å². The Labute approximate surface area is 175 Å². The molecule has 0 radical (unpaired) electrons. The third-order valence-electron chi connectivity index (χ3n) is 5.93. The molecule has 1 aromatic heterocycles. The molecule has 3 heteroatoms. The second-order valence-electron chi connectivity index (χ2n) is 8.71. The number of imidazole rings is 1. The molecule has 0 amide bonds. The molecule has 2 aromatic carbocycles. The highest BCUT2D eigenvalue weighted by Crippen LogP contribution is 2.34. The fourth-order valence-electron chi connectivity index (χ4n) is 4.07. The normalized spacial score (nSPS) is 12.8. The first-order valence-corrected chi connectivity index (χ1v) is 10.8. The van der Waals surface area contributed by atoms with Crippen molar-refractivity contribution >= 4 is 0 Å². The summed E-state index contributed by atoms with van der Waals surface area (Å²) in [6.45, 7) is 15.4. The predicted molar refractivity (Wildman–Crippen MR) is 119 cm³/mol. The Bertz CT molecular complexity index is 972. The number of hydrogen-bond donors (Lipinski definition) is 0. The summed E-state index contributed by atoms with van der Waals surface area (Å²) in [6.07, 6.45) is 5.38. The molecule has 3 rings (SSSR count). The molecule has 0 bridgehead atoms. The third-order valence-corrected chi connectivity index (χ3v) is 5.93. The molecular weight excluding hydrogens is 359 g/mol. The van der Waals surface area contributed by atoms with E-state index >= 15 is 0 Å². The number of hydrogen-bond acceptors (Lipinski definition) is 0. The molecule has 0 aliphatic heterocycles. The summed E-state index contributed by atoms with van der Waals surface area (Å²) in [5.74, 6) is 1.74. The van der Waals surface area contributed by atoms with Crippen LogP contribution in [0.4, 0.5) is 4.39 Å². The van der Waals surface area contributed by atoms with Gasteiger partial charge in [-0.05, 0) is 55.9 Å². The maximum Gasteiger partial charge on any atom is 0.294 e. The second kappa shape index (κ2) is 8.52. The molecule has 0 saturated heterocycles. The lowest BCUT2D eigenvalue weighted by molar-refractivity contribution is -0.708. The van der Waals surface area contributed by atoms with Crippen molar-refractivity contribution in [1.29, 1.82) is 0 Å². The average molecular weight is 394 g/mol. The van der Waals surface area contributed by atoms with Crippen molar-refractivity contribution in [3.05, 3.63) is 71.3 Å². The number of benzene rings is 2. The van der Waals surface area contributed by atoms with E-state index in [-0.39, 0.29) is 5.82 Å². The van der Waals surface area contributed by atoms with Crippen molar-refractivity contribution in [2.45, 2.75) is 72.8 Å². The number of aromatic nitrogens is 2. The molecule has 0 N–H and O–H groups in total. The lowest BCUT2D eigenvalue weighted by Crippen LogP contribution is -2.38. The quantitative estimate of drug-likeness (QED) is 0.395. The van der Waals surface area contributed by atoms with E-state index in [0.29, 0.717) is 17.9 Å². The Hall–Kier alpha value is -2.42. The maximum absolute atomic E-state index is 13.9. The summed E-state index contributed by atoms with van der Waals surface area (Å²) in [5, 5.41) is 0. The van der Waals surface area contributed by atoms with Gasteiger partial charge in [0.25, 0.3) is 5.82 Å². The van der Waals surface area contributed by atoms with Gasteiger partial charge < -0.3 is 0 Å². The Morgan fingerprint density at radius 1 is 0.966 bits per heavy atom. The smallest absolute Gasteiger partial charge is 0.227 e. The summed E-state index contributed by atoms with van der Waals surface area (Å²) < 4.78 is 18.5. The summed E-state index contributed by atoms with van der Waals surface area (Å²) >= 11 is 0. The maximum atomic E-state index is 13.9. The zero-order valence-corrected chi connectivity index (χ0v) is 18.8. The lowest BCUT2D eigenvalue weighted by atomic mass is 9.92. The van der Waals surface area contributed by atoms with Crippen LogP contribution < -0.4 is 4.57 Å². The van der Waals surface area contributed by atoms with E-state index in [9.17, 15) is 4.39 Å². The molecule has 1 heterocycles. The topological polar surface area (TPSA) is 8.81 Å². The van der Waals surface area contributed by atoms with E-state index in [2.05, 4.69) is 81.3 Å². The zero-order valence-electron chi connectivity index (χ0n) is 18.8. The number of nitrogens with zero attached hydrogens (tertiary/aromatic N) is 2. The fraction of sp³-hybridized carbons (Fsp3) is 0.423. The highest BCUT2D eigenvalue weighted by molar-refractivity contribution is 5.63. The van der Waals surface area contributed by atoms with Gasteiger partial charge in [0.15, 0.2) is 0 Å². The van der Waals surface area contributed by atoms with Gasteiger partial charge in [0.1, 0.15) is 23.9 Å². The van der Waals surface area contributed by atoms with Gasteiger partial charge in [-0.1, -0.05) is 52.8 Å². The van der Waals surface area contributed by atoms with Crippen LogP contribution in [0.25, 0.3) is 17.1 Å². The minimum atomic E-state index is -0.190. The van der Waals surface area contributed by atoms with Crippen LogP contribution in [0, 0.1) is 12.7 Å². The van der Waals surface area contributed by atoms with Gasteiger partial charge in [-0.25, -0.2) is 8.96 Å².